The molecule has 3 rings (SSSR count). The van der Waals surface area contributed by atoms with Crippen LogP contribution in [-0.4, -0.2) is 41.8 Å². The maximum absolute atomic E-state index is 12.4. The Hall–Kier alpha value is -2.34. The Morgan fingerprint density at radius 1 is 1.32 bits per heavy atom. The topological polar surface area (TPSA) is 64.8 Å². The molecule has 1 fully saturated rings. The van der Waals surface area contributed by atoms with Gasteiger partial charge in [0.25, 0.3) is 0 Å². The molecular formula is C19H24N2O4. The smallest absolute Gasteiger partial charge is 0.227 e. The molecule has 2 heterocycles. The minimum atomic E-state index is 0.109. The van der Waals surface area contributed by atoms with Gasteiger partial charge in [-0.3, -0.25) is 4.79 Å². The molecule has 0 saturated carbocycles. The van der Waals surface area contributed by atoms with Gasteiger partial charge in [-0.2, -0.15) is 0 Å². The first-order valence-electron chi connectivity index (χ1n) is 8.56. The van der Waals surface area contributed by atoms with E-state index in [9.17, 15) is 4.79 Å². The van der Waals surface area contributed by atoms with Crippen molar-refractivity contribution in [1.82, 2.24) is 10.1 Å². The molecular weight excluding hydrogens is 320 g/mol. The van der Waals surface area contributed by atoms with E-state index in [2.05, 4.69) is 5.16 Å². The van der Waals surface area contributed by atoms with Crippen LogP contribution in [-0.2, 0) is 22.6 Å². The average molecular weight is 344 g/mol. The number of benzene rings is 1. The number of aromatic nitrogens is 1. The minimum absolute atomic E-state index is 0.109. The molecule has 0 radical (unpaired) electrons. The molecule has 1 saturated heterocycles. The quantitative estimate of drug-likeness (QED) is 0.834. The molecule has 1 atom stereocenters. The minimum Gasteiger partial charge on any atom is -0.489 e. The molecule has 2 aromatic rings. The number of hydrogen-bond donors (Lipinski definition) is 0. The van der Waals surface area contributed by atoms with Crippen LogP contribution in [0.2, 0.25) is 0 Å². The number of nitrogens with zero attached hydrogens (tertiary/aromatic N) is 2. The third-order valence-corrected chi connectivity index (χ3v) is 4.44. The maximum atomic E-state index is 12.4. The summed E-state index contributed by atoms with van der Waals surface area (Å²) in [6.45, 7) is 8.13. The van der Waals surface area contributed by atoms with E-state index in [1.54, 1.807) is 0 Å². The zero-order chi connectivity index (χ0) is 17.8. The van der Waals surface area contributed by atoms with E-state index in [-0.39, 0.29) is 12.0 Å². The Morgan fingerprint density at radius 3 is 2.72 bits per heavy atom. The molecule has 6 nitrogen and oxygen atoms in total. The second-order valence-electron chi connectivity index (χ2n) is 6.43. The number of morpholine rings is 1. The summed E-state index contributed by atoms with van der Waals surface area (Å²) in [7, 11) is 0. The molecule has 1 aliphatic rings. The lowest BCUT2D eigenvalue weighted by Crippen LogP contribution is -2.45. The monoisotopic (exact) mass is 344 g/mol. The molecule has 134 valence electrons. The van der Waals surface area contributed by atoms with Crippen LogP contribution >= 0.6 is 0 Å². The highest BCUT2D eigenvalue weighted by Gasteiger charge is 2.21. The van der Waals surface area contributed by atoms with E-state index >= 15 is 0 Å². The van der Waals surface area contributed by atoms with Gasteiger partial charge in [-0.25, -0.2) is 0 Å². The van der Waals surface area contributed by atoms with Gasteiger partial charge < -0.3 is 18.9 Å². The van der Waals surface area contributed by atoms with Crippen molar-refractivity contribution in [2.24, 2.45) is 0 Å². The van der Waals surface area contributed by atoms with Crippen LogP contribution in [0.15, 0.2) is 28.8 Å². The van der Waals surface area contributed by atoms with Crippen LogP contribution in [0.4, 0.5) is 0 Å². The summed E-state index contributed by atoms with van der Waals surface area (Å²) < 4.78 is 16.4. The highest BCUT2D eigenvalue weighted by molar-refractivity contribution is 5.79. The molecule has 0 aliphatic carbocycles. The van der Waals surface area contributed by atoms with Crippen molar-refractivity contribution in [3.8, 4) is 5.75 Å². The van der Waals surface area contributed by atoms with Crippen molar-refractivity contribution in [3.63, 3.8) is 0 Å². The lowest BCUT2D eigenvalue weighted by Gasteiger charge is -2.31. The van der Waals surface area contributed by atoms with Gasteiger partial charge in [0.1, 0.15) is 18.1 Å². The highest BCUT2D eigenvalue weighted by Crippen LogP contribution is 2.18. The van der Waals surface area contributed by atoms with Gasteiger partial charge in [0, 0.05) is 13.1 Å². The van der Waals surface area contributed by atoms with Crippen LogP contribution in [0, 0.1) is 13.8 Å². The SMILES string of the molecule is Cc1noc(C)c1COc1ccc(CC(=O)N2CCO[C@H](C)C2)cc1. The molecule has 1 aliphatic heterocycles. The van der Waals surface area contributed by atoms with Crippen LogP contribution in [0.3, 0.4) is 0 Å². The summed E-state index contributed by atoms with van der Waals surface area (Å²) in [5.41, 5.74) is 2.80. The lowest BCUT2D eigenvalue weighted by molar-refractivity contribution is -0.137. The van der Waals surface area contributed by atoms with Crippen LogP contribution in [0.5, 0.6) is 5.75 Å². The first kappa shape index (κ1) is 17.5. The van der Waals surface area contributed by atoms with Crippen LogP contribution in [0.25, 0.3) is 0 Å². The standard InChI is InChI=1S/C19H24N2O4/c1-13-11-21(8-9-23-13)19(22)10-16-4-6-17(7-5-16)24-12-18-14(2)20-25-15(18)3/h4-7,13H,8-12H2,1-3H3/t13-/m1/s1. The predicted molar refractivity (Wildman–Crippen MR) is 92.4 cm³/mol. The third-order valence-electron chi connectivity index (χ3n) is 4.44. The van der Waals surface area contributed by atoms with E-state index in [4.69, 9.17) is 14.0 Å². The Balaban J connectivity index is 1.54. The van der Waals surface area contributed by atoms with E-state index in [1.807, 2.05) is 49.9 Å². The summed E-state index contributed by atoms with van der Waals surface area (Å²) in [4.78, 5) is 14.2. The van der Waals surface area contributed by atoms with Crippen molar-refractivity contribution < 1.29 is 18.8 Å². The zero-order valence-corrected chi connectivity index (χ0v) is 14.9. The number of aryl methyl sites for hydroxylation is 2. The lowest BCUT2D eigenvalue weighted by atomic mass is 10.1. The van der Waals surface area contributed by atoms with Gasteiger partial charge in [0.2, 0.25) is 5.91 Å². The van der Waals surface area contributed by atoms with Crippen LogP contribution < -0.4 is 4.74 Å². The summed E-state index contributed by atoms with van der Waals surface area (Å²) in [5.74, 6) is 1.68. The Bertz CT molecular complexity index is 704. The fraction of sp³-hybridized carbons (Fsp3) is 0.474. The fourth-order valence-corrected chi connectivity index (χ4v) is 2.90. The molecule has 1 amide bonds. The van der Waals surface area contributed by atoms with Crippen molar-refractivity contribution in [2.75, 3.05) is 19.7 Å². The van der Waals surface area contributed by atoms with Gasteiger partial charge in [-0.15, -0.1) is 0 Å². The molecule has 0 unspecified atom stereocenters. The number of hydrogen-bond acceptors (Lipinski definition) is 5. The van der Waals surface area contributed by atoms with Crippen molar-refractivity contribution in [2.45, 2.75) is 39.9 Å². The first-order chi connectivity index (χ1) is 12.0. The maximum Gasteiger partial charge on any atom is 0.227 e. The van der Waals surface area contributed by atoms with Gasteiger partial charge >= 0.3 is 0 Å². The van der Waals surface area contributed by atoms with E-state index < -0.39 is 0 Å². The van der Waals surface area contributed by atoms with E-state index in [1.165, 1.54) is 0 Å². The van der Waals surface area contributed by atoms with Crippen molar-refractivity contribution >= 4 is 5.91 Å². The number of ether oxygens (including phenoxy) is 2. The largest absolute Gasteiger partial charge is 0.489 e. The van der Waals surface area contributed by atoms with E-state index in [0.29, 0.717) is 32.7 Å². The summed E-state index contributed by atoms with van der Waals surface area (Å²) in [6.07, 6.45) is 0.509. The molecule has 6 heteroatoms. The first-order valence-corrected chi connectivity index (χ1v) is 8.56. The molecule has 0 N–H and O–H groups in total. The van der Waals surface area contributed by atoms with Gasteiger partial charge in [0.05, 0.1) is 30.4 Å². The molecule has 0 spiro atoms. The van der Waals surface area contributed by atoms with Crippen molar-refractivity contribution in [1.29, 1.82) is 0 Å². The summed E-state index contributed by atoms with van der Waals surface area (Å²) in [5, 5.41) is 3.92. The number of carbonyl (C=O) groups excluding carboxylic acids is 1. The second-order valence-corrected chi connectivity index (χ2v) is 6.43. The fourth-order valence-electron chi connectivity index (χ4n) is 2.90. The van der Waals surface area contributed by atoms with Gasteiger partial charge in [-0.05, 0) is 38.5 Å². The molecule has 1 aromatic carbocycles. The molecule has 1 aromatic heterocycles. The zero-order valence-electron chi connectivity index (χ0n) is 14.9. The number of carbonyl (C=O) groups is 1. The van der Waals surface area contributed by atoms with Gasteiger partial charge in [0.15, 0.2) is 0 Å². The molecule has 25 heavy (non-hydrogen) atoms. The average Bonchev–Trinajstić information content (AvgIpc) is 2.92. The number of rotatable bonds is 5. The predicted octanol–water partition coefficient (Wildman–Crippen LogP) is 2.66. The Morgan fingerprint density at radius 2 is 2.08 bits per heavy atom. The van der Waals surface area contributed by atoms with Crippen LogP contribution in [0.1, 0.15) is 29.5 Å². The third kappa shape index (κ3) is 4.39. The number of amides is 1. The second kappa shape index (κ2) is 7.70. The Kier molecular flexibility index (Phi) is 5.38. The molecule has 0 bridgehead atoms. The summed E-state index contributed by atoms with van der Waals surface area (Å²) in [6, 6.07) is 7.65. The normalized spacial score (nSPS) is 17.6. The van der Waals surface area contributed by atoms with E-state index in [0.717, 1.165) is 28.3 Å². The highest BCUT2D eigenvalue weighted by atomic mass is 16.5. The Labute approximate surface area is 147 Å². The van der Waals surface area contributed by atoms with Crippen molar-refractivity contribution in [3.05, 3.63) is 46.8 Å². The van der Waals surface area contributed by atoms with Gasteiger partial charge in [-0.1, -0.05) is 17.3 Å². The summed E-state index contributed by atoms with van der Waals surface area (Å²) >= 11 is 0.